The smallest absolute Gasteiger partial charge is 0.159 e. The molecule has 0 saturated carbocycles. The summed E-state index contributed by atoms with van der Waals surface area (Å²) in [5.74, 6) is 2.40. The van der Waals surface area contributed by atoms with Gasteiger partial charge in [-0.3, -0.25) is 5.32 Å². The SMILES string of the molecule is C#CCNC(C#N)CC(OC)OC. The molecule has 0 saturated heterocycles. The van der Waals surface area contributed by atoms with Crippen molar-refractivity contribution in [2.45, 2.75) is 18.8 Å². The zero-order valence-electron chi connectivity index (χ0n) is 7.91. The second kappa shape index (κ2) is 7.57. The highest BCUT2D eigenvalue weighted by molar-refractivity contribution is 4.95. The molecule has 0 aromatic carbocycles. The molecule has 0 aromatic heterocycles. The first-order chi connectivity index (χ1) is 6.28. The van der Waals surface area contributed by atoms with Crippen LogP contribution in [0.2, 0.25) is 0 Å². The van der Waals surface area contributed by atoms with E-state index in [4.69, 9.17) is 21.2 Å². The zero-order chi connectivity index (χ0) is 10.1. The number of nitrogens with one attached hydrogen (secondary N) is 1. The summed E-state index contributed by atoms with van der Waals surface area (Å²) in [6, 6.07) is 1.74. The summed E-state index contributed by atoms with van der Waals surface area (Å²) in [4.78, 5) is 0. The van der Waals surface area contributed by atoms with Gasteiger partial charge in [-0.15, -0.1) is 6.42 Å². The number of methoxy groups -OCH3 is 2. The fraction of sp³-hybridized carbons (Fsp3) is 0.667. The van der Waals surface area contributed by atoms with Crippen molar-refractivity contribution in [3.63, 3.8) is 0 Å². The van der Waals surface area contributed by atoms with E-state index >= 15 is 0 Å². The van der Waals surface area contributed by atoms with Gasteiger partial charge in [0.2, 0.25) is 0 Å². The Hall–Kier alpha value is -1.07. The maximum absolute atomic E-state index is 8.70. The molecule has 1 N–H and O–H groups in total. The molecule has 4 nitrogen and oxygen atoms in total. The minimum atomic E-state index is -0.366. The molecular formula is C9H14N2O2. The first kappa shape index (κ1) is 11.9. The van der Waals surface area contributed by atoms with E-state index in [1.54, 1.807) is 0 Å². The van der Waals surface area contributed by atoms with Crippen molar-refractivity contribution in [2.24, 2.45) is 0 Å². The van der Waals surface area contributed by atoms with Gasteiger partial charge in [-0.1, -0.05) is 5.92 Å². The molecule has 0 aliphatic rings. The summed E-state index contributed by atoms with van der Waals surface area (Å²) >= 11 is 0. The highest BCUT2D eigenvalue weighted by atomic mass is 16.7. The molecule has 0 bridgehead atoms. The van der Waals surface area contributed by atoms with Crippen LogP contribution in [0.5, 0.6) is 0 Å². The number of terminal acetylenes is 1. The summed E-state index contributed by atoms with van der Waals surface area (Å²) in [7, 11) is 3.06. The average Bonchev–Trinajstić information content (AvgIpc) is 2.19. The number of nitriles is 1. The molecule has 13 heavy (non-hydrogen) atoms. The highest BCUT2D eigenvalue weighted by Crippen LogP contribution is 2.01. The topological polar surface area (TPSA) is 54.3 Å². The predicted octanol–water partition coefficient (Wildman–Crippen LogP) is 0.110. The lowest BCUT2D eigenvalue weighted by atomic mass is 10.2. The van der Waals surface area contributed by atoms with E-state index in [9.17, 15) is 0 Å². The summed E-state index contributed by atoms with van der Waals surface area (Å²) in [5.41, 5.74) is 0. The van der Waals surface area contributed by atoms with Crippen LogP contribution in [0.15, 0.2) is 0 Å². The van der Waals surface area contributed by atoms with Crippen LogP contribution in [-0.4, -0.2) is 33.1 Å². The Bertz CT molecular complexity index is 201. The van der Waals surface area contributed by atoms with E-state index < -0.39 is 0 Å². The second-order valence-electron chi connectivity index (χ2n) is 2.40. The lowest BCUT2D eigenvalue weighted by molar-refractivity contribution is -0.108. The average molecular weight is 182 g/mol. The van der Waals surface area contributed by atoms with Gasteiger partial charge >= 0.3 is 0 Å². The summed E-state index contributed by atoms with van der Waals surface area (Å²) < 4.78 is 9.89. The Morgan fingerprint density at radius 2 is 2.08 bits per heavy atom. The molecule has 1 atom stereocenters. The van der Waals surface area contributed by atoms with Crippen LogP contribution in [0.25, 0.3) is 0 Å². The van der Waals surface area contributed by atoms with Crippen LogP contribution in [0.3, 0.4) is 0 Å². The van der Waals surface area contributed by atoms with Crippen LogP contribution in [0.4, 0.5) is 0 Å². The molecular weight excluding hydrogens is 168 g/mol. The van der Waals surface area contributed by atoms with Crippen LogP contribution in [0.1, 0.15) is 6.42 Å². The largest absolute Gasteiger partial charge is 0.356 e. The molecule has 0 spiro atoms. The zero-order valence-corrected chi connectivity index (χ0v) is 7.91. The van der Waals surface area contributed by atoms with Gasteiger partial charge < -0.3 is 9.47 Å². The van der Waals surface area contributed by atoms with Gasteiger partial charge in [-0.25, -0.2) is 0 Å². The molecule has 0 amide bonds. The van der Waals surface area contributed by atoms with Gasteiger partial charge in [0.1, 0.15) is 6.04 Å². The van der Waals surface area contributed by atoms with Crippen molar-refractivity contribution in [1.29, 1.82) is 5.26 Å². The third-order valence-corrected chi connectivity index (χ3v) is 1.56. The van der Waals surface area contributed by atoms with Crippen molar-refractivity contribution in [2.75, 3.05) is 20.8 Å². The Balaban J connectivity index is 3.84. The minimum absolute atomic E-state index is 0.332. The fourth-order valence-corrected chi connectivity index (χ4v) is 0.845. The maximum Gasteiger partial charge on any atom is 0.159 e. The van der Waals surface area contributed by atoms with Crippen molar-refractivity contribution in [3.8, 4) is 18.4 Å². The molecule has 0 aliphatic heterocycles. The highest BCUT2D eigenvalue weighted by Gasteiger charge is 2.13. The predicted molar refractivity (Wildman–Crippen MR) is 48.7 cm³/mol. The van der Waals surface area contributed by atoms with Crippen molar-refractivity contribution in [3.05, 3.63) is 0 Å². The standard InChI is InChI=1S/C9H14N2O2/c1-4-5-11-8(7-10)6-9(12-2)13-3/h1,8-9,11H,5-6H2,2-3H3. The minimum Gasteiger partial charge on any atom is -0.356 e. The normalized spacial score (nSPS) is 12.1. The van der Waals surface area contributed by atoms with Crippen molar-refractivity contribution >= 4 is 0 Å². The molecule has 0 radical (unpaired) electrons. The molecule has 0 heterocycles. The van der Waals surface area contributed by atoms with E-state index in [0.717, 1.165) is 0 Å². The Kier molecular flexibility index (Phi) is 6.95. The van der Waals surface area contributed by atoms with Crippen LogP contribution in [0, 0.1) is 23.7 Å². The summed E-state index contributed by atoms with van der Waals surface area (Å²) in [6.45, 7) is 0.373. The molecule has 0 rings (SSSR count). The third-order valence-electron chi connectivity index (χ3n) is 1.56. The van der Waals surface area contributed by atoms with E-state index in [0.29, 0.717) is 13.0 Å². The quantitative estimate of drug-likeness (QED) is 0.468. The first-order valence-electron chi connectivity index (χ1n) is 3.90. The number of rotatable bonds is 6. The maximum atomic E-state index is 8.70. The van der Waals surface area contributed by atoms with Crippen LogP contribution < -0.4 is 5.32 Å². The number of nitrogens with zero attached hydrogens (tertiary/aromatic N) is 1. The number of hydrogen-bond acceptors (Lipinski definition) is 4. The summed E-state index contributed by atoms with van der Waals surface area (Å²) in [6.07, 6.45) is 5.14. The van der Waals surface area contributed by atoms with Gasteiger partial charge in [0, 0.05) is 20.6 Å². The van der Waals surface area contributed by atoms with Crippen LogP contribution in [-0.2, 0) is 9.47 Å². The van der Waals surface area contributed by atoms with E-state index in [-0.39, 0.29) is 12.3 Å². The van der Waals surface area contributed by atoms with E-state index in [2.05, 4.69) is 17.3 Å². The van der Waals surface area contributed by atoms with E-state index in [1.165, 1.54) is 14.2 Å². The molecule has 0 fully saturated rings. The van der Waals surface area contributed by atoms with Crippen molar-refractivity contribution in [1.82, 2.24) is 5.32 Å². The number of hydrogen-bond donors (Lipinski definition) is 1. The van der Waals surface area contributed by atoms with Gasteiger partial charge in [-0.05, 0) is 0 Å². The lowest BCUT2D eigenvalue weighted by Crippen LogP contribution is -2.33. The Morgan fingerprint density at radius 1 is 1.46 bits per heavy atom. The Labute approximate surface area is 78.8 Å². The number of ether oxygens (including phenoxy) is 2. The third kappa shape index (κ3) is 5.21. The molecule has 0 aliphatic carbocycles. The summed E-state index contributed by atoms with van der Waals surface area (Å²) in [5, 5.41) is 11.6. The van der Waals surface area contributed by atoms with Crippen molar-refractivity contribution < 1.29 is 9.47 Å². The second-order valence-corrected chi connectivity index (χ2v) is 2.40. The Morgan fingerprint density at radius 3 is 2.46 bits per heavy atom. The van der Waals surface area contributed by atoms with Gasteiger partial charge in [-0.2, -0.15) is 5.26 Å². The monoisotopic (exact) mass is 182 g/mol. The first-order valence-corrected chi connectivity index (χ1v) is 3.90. The molecule has 4 heteroatoms. The van der Waals surface area contributed by atoms with Gasteiger partial charge in [0.05, 0.1) is 12.6 Å². The molecule has 1 unspecified atom stereocenters. The van der Waals surface area contributed by atoms with Gasteiger partial charge in [0.15, 0.2) is 6.29 Å². The fourth-order valence-electron chi connectivity index (χ4n) is 0.845. The molecule has 0 aromatic rings. The van der Waals surface area contributed by atoms with Gasteiger partial charge in [0.25, 0.3) is 0 Å². The van der Waals surface area contributed by atoms with E-state index in [1.807, 2.05) is 0 Å². The molecule has 72 valence electrons. The lowest BCUT2D eigenvalue weighted by Gasteiger charge is -2.16. The van der Waals surface area contributed by atoms with Crippen LogP contribution >= 0.6 is 0 Å².